The van der Waals surface area contributed by atoms with Crippen LogP contribution in [0.5, 0.6) is 5.75 Å². The third-order valence-corrected chi connectivity index (χ3v) is 7.13. The minimum Gasteiger partial charge on any atom is -0.455 e. The highest BCUT2D eigenvalue weighted by molar-refractivity contribution is 8.26. The zero-order chi connectivity index (χ0) is 20.7. The van der Waals surface area contributed by atoms with E-state index in [1.54, 1.807) is 11.3 Å². The van der Waals surface area contributed by atoms with Crippen molar-refractivity contribution in [1.29, 1.82) is 0 Å². The highest BCUT2D eigenvalue weighted by atomic mass is 32.2. The summed E-state index contributed by atoms with van der Waals surface area (Å²) in [5.74, 6) is 1.41. The molecule has 0 saturated carbocycles. The maximum atomic E-state index is 12.4. The monoisotopic (exact) mass is 447 g/mol. The molecule has 1 unspecified atom stereocenters. The first kappa shape index (κ1) is 19.3. The summed E-state index contributed by atoms with van der Waals surface area (Å²) in [6.07, 6.45) is 1.94. The van der Waals surface area contributed by atoms with Crippen LogP contribution in [0.15, 0.2) is 82.6 Å². The number of benzene rings is 2. The van der Waals surface area contributed by atoms with Gasteiger partial charge in [-0.1, -0.05) is 78.1 Å². The predicted molar refractivity (Wildman–Crippen MR) is 128 cm³/mol. The zero-order valence-corrected chi connectivity index (χ0v) is 18.5. The number of rotatable bonds is 3. The van der Waals surface area contributed by atoms with Crippen molar-refractivity contribution in [2.75, 3.05) is 0 Å². The first-order chi connectivity index (χ1) is 14.6. The Balaban J connectivity index is 1.77. The number of hydrogen-bond acceptors (Lipinski definition) is 5. The molecule has 1 saturated heterocycles. The van der Waals surface area contributed by atoms with Gasteiger partial charge in [0.2, 0.25) is 0 Å². The molecular formula is C24H17NO2S3. The molecule has 5 rings (SSSR count). The van der Waals surface area contributed by atoms with Gasteiger partial charge in [-0.3, -0.25) is 4.79 Å². The Kier molecular flexibility index (Phi) is 5.06. The molecule has 1 aromatic heterocycles. The van der Waals surface area contributed by atoms with Crippen LogP contribution in [0.3, 0.4) is 0 Å². The van der Waals surface area contributed by atoms with Crippen molar-refractivity contribution >= 4 is 51.3 Å². The highest BCUT2D eigenvalue weighted by Gasteiger charge is 2.33. The number of nitrogens with one attached hydrogen (secondary N) is 1. The second-order valence-corrected chi connectivity index (χ2v) is 9.76. The van der Waals surface area contributed by atoms with Gasteiger partial charge in [0.25, 0.3) is 5.91 Å². The Morgan fingerprint density at radius 1 is 1.07 bits per heavy atom. The normalized spacial score (nSPS) is 19.6. The van der Waals surface area contributed by atoms with Crippen LogP contribution in [0.4, 0.5) is 0 Å². The molecule has 148 valence electrons. The number of amides is 1. The Morgan fingerprint density at radius 3 is 2.57 bits per heavy atom. The van der Waals surface area contributed by atoms with Crippen molar-refractivity contribution in [3.05, 3.63) is 104 Å². The molecule has 2 aliphatic heterocycles. The summed E-state index contributed by atoms with van der Waals surface area (Å²) in [5.41, 5.74) is 4.41. The van der Waals surface area contributed by atoms with Gasteiger partial charge in [-0.05, 0) is 36.1 Å². The van der Waals surface area contributed by atoms with Crippen molar-refractivity contribution in [3.63, 3.8) is 0 Å². The standard InChI is InChI=1S/C24H17NO2S3/c1-14-8-10-15(11-9-14)21-16-5-2-3-6-18(16)27-22(19-7-4-12-29-19)17(21)13-20-23(26)25-24(28)30-20/h2-13,21H,1H3,(H,25,26,28)/b20-13+. The van der Waals surface area contributed by atoms with Gasteiger partial charge in [-0.25, -0.2) is 0 Å². The molecule has 3 aromatic rings. The van der Waals surface area contributed by atoms with Crippen molar-refractivity contribution in [2.24, 2.45) is 0 Å². The van der Waals surface area contributed by atoms with E-state index in [0.717, 1.165) is 33.1 Å². The van der Waals surface area contributed by atoms with E-state index < -0.39 is 0 Å². The lowest BCUT2D eigenvalue weighted by atomic mass is 9.81. The van der Waals surface area contributed by atoms with Gasteiger partial charge in [0, 0.05) is 17.1 Å². The Labute approximate surface area is 188 Å². The second-order valence-electron chi connectivity index (χ2n) is 7.10. The third kappa shape index (κ3) is 3.51. The van der Waals surface area contributed by atoms with Crippen LogP contribution in [-0.4, -0.2) is 10.2 Å². The number of carbonyl (C=O) groups is 1. The molecule has 2 aromatic carbocycles. The van der Waals surface area contributed by atoms with E-state index in [4.69, 9.17) is 17.0 Å². The summed E-state index contributed by atoms with van der Waals surface area (Å²) in [4.78, 5) is 14.1. The molecule has 0 bridgehead atoms. The van der Waals surface area contributed by atoms with Crippen molar-refractivity contribution in [1.82, 2.24) is 5.32 Å². The quantitative estimate of drug-likeness (QED) is 0.393. The van der Waals surface area contributed by atoms with Crippen LogP contribution >= 0.6 is 35.3 Å². The maximum absolute atomic E-state index is 12.4. The van der Waals surface area contributed by atoms with Crippen LogP contribution in [0, 0.1) is 6.92 Å². The van der Waals surface area contributed by atoms with E-state index >= 15 is 0 Å². The van der Waals surface area contributed by atoms with Gasteiger partial charge in [-0.15, -0.1) is 11.3 Å². The van der Waals surface area contributed by atoms with Crippen molar-refractivity contribution in [3.8, 4) is 5.75 Å². The van der Waals surface area contributed by atoms with Gasteiger partial charge in [0.1, 0.15) is 15.8 Å². The van der Waals surface area contributed by atoms with Crippen LogP contribution in [0.25, 0.3) is 5.76 Å². The Morgan fingerprint density at radius 2 is 1.87 bits per heavy atom. The number of thiocarbonyl (C=S) groups is 1. The molecule has 0 radical (unpaired) electrons. The summed E-state index contributed by atoms with van der Waals surface area (Å²) < 4.78 is 6.89. The smallest absolute Gasteiger partial charge is 0.263 e. The predicted octanol–water partition coefficient (Wildman–Crippen LogP) is 6.02. The van der Waals surface area contributed by atoms with Gasteiger partial charge in [-0.2, -0.15) is 0 Å². The number of fused-ring (bicyclic) bond motifs is 1. The van der Waals surface area contributed by atoms with Crippen LogP contribution < -0.4 is 10.1 Å². The number of para-hydroxylation sites is 1. The molecule has 1 N–H and O–H groups in total. The fourth-order valence-electron chi connectivity index (χ4n) is 3.71. The van der Waals surface area contributed by atoms with Gasteiger partial charge >= 0.3 is 0 Å². The fourth-order valence-corrected chi connectivity index (χ4v) is 5.47. The van der Waals surface area contributed by atoms with Crippen LogP contribution in [-0.2, 0) is 4.79 Å². The minimum atomic E-state index is -0.162. The number of aryl methyl sites for hydroxylation is 1. The lowest BCUT2D eigenvalue weighted by Gasteiger charge is -2.30. The average molecular weight is 448 g/mol. The second kappa shape index (κ2) is 7.87. The summed E-state index contributed by atoms with van der Waals surface area (Å²) in [6, 6.07) is 20.7. The number of allylic oxidation sites excluding steroid dienone is 2. The van der Waals surface area contributed by atoms with E-state index in [9.17, 15) is 4.79 Å². The van der Waals surface area contributed by atoms with E-state index in [1.807, 2.05) is 41.8 Å². The number of carbonyl (C=O) groups excluding carboxylic acids is 1. The molecule has 1 amide bonds. The highest BCUT2D eigenvalue weighted by Crippen LogP contribution is 2.47. The molecule has 1 atom stereocenters. The molecule has 0 aliphatic carbocycles. The topological polar surface area (TPSA) is 38.3 Å². The van der Waals surface area contributed by atoms with E-state index in [0.29, 0.717) is 9.23 Å². The number of thioether (sulfide) groups is 1. The molecule has 6 heteroatoms. The summed E-state index contributed by atoms with van der Waals surface area (Å²) in [5, 5.41) is 4.75. The summed E-state index contributed by atoms with van der Waals surface area (Å²) in [6.45, 7) is 2.08. The van der Waals surface area contributed by atoms with Gasteiger partial charge in [0.05, 0.1) is 9.78 Å². The lowest BCUT2D eigenvalue weighted by Crippen LogP contribution is -2.19. The summed E-state index contributed by atoms with van der Waals surface area (Å²) in [7, 11) is 0. The number of hydrogen-bond donors (Lipinski definition) is 1. The maximum Gasteiger partial charge on any atom is 0.263 e. The molecule has 3 nitrogen and oxygen atoms in total. The molecular weight excluding hydrogens is 430 g/mol. The largest absolute Gasteiger partial charge is 0.455 e. The van der Waals surface area contributed by atoms with Gasteiger partial charge < -0.3 is 10.1 Å². The minimum absolute atomic E-state index is 0.0530. The Bertz CT molecular complexity index is 1210. The first-order valence-electron chi connectivity index (χ1n) is 9.46. The molecule has 1 fully saturated rings. The zero-order valence-electron chi connectivity index (χ0n) is 16.0. The Hall–Kier alpha value is -2.67. The molecule has 30 heavy (non-hydrogen) atoms. The molecule has 3 heterocycles. The van der Waals surface area contributed by atoms with Crippen molar-refractivity contribution in [2.45, 2.75) is 12.8 Å². The van der Waals surface area contributed by atoms with E-state index in [2.05, 4.69) is 42.6 Å². The molecule has 2 aliphatic rings. The van der Waals surface area contributed by atoms with E-state index in [-0.39, 0.29) is 11.8 Å². The first-order valence-corrected chi connectivity index (χ1v) is 11.6. The fraction of sp³-hybridized carbons (Fsp3) is 0.0833. The van der Waals surface area contributed by atoms with Crippen molar-refractivity contribution < 1.29 is 9.53 Å². The third-order valence-electron chi connectivity index (χ3n) is 5.10. The summed E-state index contributed by atoms with van der Waals surface area (Å²) >= 11 is 8.11. The van der Waals surface area contributed by atoms with Gasteiger partial charge in [0.15, 0.2) is 0 Å². The number of ether oxygens (including phenoxy) is 1. The van der Waals surface area contributed by atoms with Crippen LogP contribution in [0.2, 0.25) is 0 Å². The lowest BCUT2D eigenvalue weighted by molar-refractivity contribution is -0.115. The molecule has 0 spiro atoms. The number of thiophene rings is 1. The van der Waals surface area contributed by atoms with E-state index in [1.165, 1.54) is 17.3 Å². The SMILES string of the molecule is Cc1ccc(C2C(/C=C3/SC(=S)NC3=O)=C(c3cccs3)Oc3ccccc32)cc1. The van der Waals surface area contributed by atoms with Crippen LogP contribution in [0.1, 0.15) is 27.5 Å². The average Bonchev–Trinajstić information content (AvgIpc) is 3.38.